The summed E-state index contributed by atoms with van der Waals surface area (Å²) in [4.78, 5) is 12.6. The van der Waals surface area contributed by atoms with E-state index in [4.69, 9.17) is 0 Å². The normalized spacial score (nSPS) is 34.5. The van der Waals surface area contributed by atoms with Crippen molar-refractivity contribution >= 4 is 15.9 Å². The third-order valence-corrected chi connectivity index (χ3v) is 8.60. The van der Waals surface area contributed by atoms with E-state index in [-0.39, 0.29) is 22.6 Å². The van der Waals surface area contributed by atoms with Gasteiger partial charge in [0.1, 0.15) is 0 Å². The van der Waals surface area contributed by atoms with E-state index in [1.165, 1.54) is 0 Å². The van der Waals surface area contributed by atoms with Gasteiger partial charge in [-0.3, -0.25) is 4.79 Å². The molecule has 24 heavy (non-hydrogen) atoms. The quantitative estimate of drug-likeness (QED) is 0.680. The van der Waals surface area contributed by atoms with E-state index < -0.39 is 15.9 Å². The molecule has 0 radical (unpaired) electrons. The van der Waals surface area contributed by atoms with Crippen LogP contribution < -0.4 is 0 Å². The van der Waals surface area contributed by atoms with Crippen molar-refractivity contribution in [3.05, 3.63) is 35.9 Å². The molecule has 1 aromatic rings. The summed E-state index contributed by atoms with van der Waals surface area (Å²) in [5.74, 6) is 5.35. The molecule has 4 rings (SSSR count). The Labute approximate surface area is 143 Å². The van der Waals surface area contributed by atoms with Crippen molar-refractivity contribution in [3.63, 3.8) is 0 Å². The highest BCUT2D eigenvalue weighted by molar-refractivity contribution is 7.90. The molecule has 1 spiro atoms. The number of rotatable bonds is 0. The summed E-state index contributed by atoms with van der Waals surface area (Å²) in [7, 11) is -3.58. The number of amides is 1. The van der Waals surface area contributed by atoms with Crippen LogP contribution in [0.4, 0.5) is 0 Å². The molecule has 1 aromatic carbocycles. The average Bonchev–Trinajstić information content (AvgIpc) is 3.01. The van der Waals surface area contributed by atoms with Crippen LogP contribution in [0.15, 0.2) is 30.3 Å². The third kappa shape index (κ3) is 1.92. The van der Waals surface area contributed by atoms with E-state index in [1.54, 1.807) is 12.1 Å². The zero-order valence-corrected chi connectivity index (χ0v) is 14.8. The van der Waals surface area contributed by atoms with Crippen LogP contribution in [0.3, 0.4) is 0 Å². The van der Waals surface area contributed by atoms with Crippen molar-refractivity contribution in [2.24, 2.45) is 16.7 Å². The molecule has 2 bridgehead atoms. The molecule has 3 atom stereocenters. The van der Waals surface area contributed by atoms with Gasteiger partial charge >= 0.3 is 5.91 Å². The van der Waals surface area contributed by atoms with Crippen LogP contribution in [0, 0.1) is 28.6 Å². The Kier molecular flexibility index (Phi) is 3.18. The lowest BCUT2D eigenvalue weighted by Crippen LogP contribution is -2.43. The SMILES string of the molecule is CC1(C)[C@H]2CC[C@@]13CS(=O)(=O)N(C(=O)C#Cc1ccccc1)[C@H]3C2. The first kappa shape index (κ1) is 15.7. The Bertz CT molecular complexity index is 863. The maximum atomic E-state index is 12.7. The largest absolute Gasteiger partial charge is 0.312 e. The molecule has 0 unspecified atom stereocenters. The zero-order chi connectivity index (χ0) is 17.2. The van der Waals surface area contributed by atoms with Gasteiger partial charge in [-0.15, -0.1) is 0 Å². The lowest BCUT2D eigenvalue weighted by Gasteiger charge is -2.36. The van der Waals surface area contributed by atoms with Crippen LogP contribution in [0.25, 0.3) is 0 Å². The van der Waals surface area contributed by atoms with Crippen LogP contribution in [-0.2, 0) is 14.8 Å². The average molecular weight is 343 g/mol. The monoisotopic (exact) mass is 343 g/mol. The minimum Gasteiger partial charge on any atom is -0.258 e. The summed E-state index contributed by atoms with van der Waals surface area (Å²) in [5.41, 5.74) is 0.387. The minimum absolute atomic E-state index is 0.0351. The molecule has 126 valence electrons. The van der Waals surface area contributed by atoms with Gasteiger partial charge in [0, 0.05) is 16.9 Å². The molecule has 4 nitrogen and oxygen atoms in total. The first-order chi connectivity index (χ1) is 11.3. The number of carbonyl (C=O) groups excluding carboxylic acids is 1. The number of carbonyl (C=O) groups is 1. The Morgan fingerprint density at radius 1 is 1.25 bits per heavy atom. The molecular weight excluding hydrogens is 322 g/mol. The van der Waals surface area contributed by atoms with Crippen molar-refractivity contribution in [3.8, 4) is 11.8 Å². The summed E-state index contributed by atoms with van der Waals surface area (Å²) >= 11 is 0. The molecule has 1 heterocycles. The lowest BCUT2D eigenvalue weighted by molar-refractivity contribution is -0.123. The fraction of sp³-hybridized carbons (Fsp3) is 0.526. The van der Waals surface area contributed by atoms with Crippen LogP contribution in [0.5, 0.6) is 0 Å². The van der Waals surface area contributed by atoms with Gasteiger partial charge in [-0.1, -0.05) is 38.0 Å². The number of hydrogen-bond acceptors (Lipinski definition) is 3. The molecule has 3 aliphatic rings. The molecule has 1 aliphatic heterocycles. The van der Waals surface area contributed by atoms with Crippen molar-refractivity contribution in [1.82, 2.24) is 4.31 Å². The highest BCUT2D eigenvalue weighted by atomic mass is 32.2. The van der Waals surface area contributed by atoms with E-state index in [9.17, 15) is 13.2 Å². The zero-order valence-electron chi connectivity index (χ0n) is 14.0. The molecular formula is C19H21NO3S. The number of hydrogen-bond donors (Lipinski definition) is 0. The predicted octanol–water partition coefficient (Wildman–Crippen LogP) is 2.41. The summed E-state index contributed by atoms with van der Waals surface area (Å²) in [6.07, 6.45) is 2.74. The Morgan fingerprint density at radius 2 is 1.96 bits per heavy atom. The van der Waals surface area contributed by atoms with E-state index in [1.807, 2.05) is 18.2 Å². The Hall–Kier alpha value is -1.80. The summed E-state index contributed by atoms with van der Waals surface area (Å²) < 4.78 is 26.6. The number of fused-ring (bicyclic) bond motifs is 1. The van der Waals surface area contributed by atoms with Gasteiger partial charge in [-0.05, 0) is 42.7 Å². The van der Waals surface area contributed by atoms with Crippen LogP contribution >= 0.6 is 0 Å². The number of nitrogens with zero attached hydrogens (tertiary/aromatic N) is 1. The minimum atomic E-state index is -3.58. The highest BCUT2D eigenvalue weighted by Crippen LogP contribution is 2.69. The molecule has 0 N–H and O–H groups in total. The Morgan fingerprint density at radius 3 is 2.62 bits per heavy atom. The smallest absolute Gasteiger partial charge is 0.258 e. The van der Waals surface area contributed by atoms with E-state index in [2.05, 4.69) is 25.7 Å². The van der Waals surface area contributed by atoms with Crippen LogP contribution in [0.1, 0.15) is 38.7 Å². The van der Waals surface area contributed by atoms with Crippen molar-refractivity contribution in [2.45, 2.75) is 39.2 Å². The van der Waals surface area contributed by atoms with E-state index in [0.717, 1.165) is 23.6 Å². The molecule has 1 amide bonds. The first-order valence-electron chi connectivity index (χ1n) is 8.41. The van der Waals surface area contributed by atoms with Crippen molar-refractivity contribution in [2.75, 3.05) is 5.75 Å². The van der Waals surface area contributed by atoms with Crippen LogP contribution in [0.2, 0.25) is 0 Å². The number of benzene rings is 1. The number of sulfonamides is 1. The molecule has 0 aromatic heterocycles. The molecule has 5 heteroatoms. The predicted molar refractivity (Wildman–Crippen MR) is 91.3 cm³/mol. The third-order valence-electron chi connectivity index (χ3n) is 6.70. The second kappa shape index (κ2) is 4.86. The van der Waals surface area contributed by atoms with Gasteiger partial charge in [0.05, 0.1) is 11.8 Å². The molecule has 2 aliphatic carbocycles. The van der Waals surface area contributed by atoms with Gasteiger partial charge in [-0.25, -0.2) is 12.7 Å². The van der Waals surface area contributed by atoms with Crippen LogP contribution in [-0.4, -0.2) is 30.4 Å². The second-order valence-corrected chi connectivity index (χ2v) is 9.68. The summed E-state index contributed by atoms with van der Waals surface area (Å²) in [5, 5.41) is 0. The molecule has 2 saturated carbocycles. The topological polar surface area (TPSA) is 54.5 Å². The lowest BCUT2D eigenvalue weighted by atomic mass is 9.69. The first-order valence-corrected chi connectivity index (χ1v) is 10.0. The van der Waals surface area contributed by atoms with Crippen molar-refractivity contribution < 1.29 is 13.2 Å². The standard InChI is InChI=1S/C19H21NO3S/c1-18(2)15-10-11-19(18)13-24(22,23)20(16(19)12-15)17(21)9-8-14-6-4-3-5-7-14/h3-7,15-16H,10-13H2,1-2H3/t15-,16-,19-/m0/s1. The summed E-state index contributed by atoms with van der Waals surface area (Å²) in [6.45, 7) is 4.34. The van der Waals surface area contributed by atoms with Gasteiger partial charge in [0.15, 0.2) is 0 Å². The van der Waals surface area contributed by atoms with Gasteiger partial charge in [-0.2, -0.15) is 0 Å². The van der Waals surface area contributed by atoms with E-state index in [0.29, 0.717) is 11.5 Å². The second-order valence-electron chi connectivity index (χ2n) is 7.84. The fourth-order valence-electron chi connectivity index (χ4n) is 5.26. The highest BCUT2D eigenvalue weighted by Gasteiger charge is 2.72. The fourth-order valence-corrected chi connectivity index (χ4v) is 7.73. The van der Waals surface area contributed by atoms with E-state index >= 15 is 0 Å². The van der Waals surface area contributed by atoms with Gasteiger partial charge in [0.25, 0.3) is 0 Å². The molecule has 3 fully saturated rings. The maximum Gasteiger partial charge on any atom is 0.312 e. The molecule has 1 saturated heterocycles. The maximum absolute atomic E-state index is 12.7. The van der Waals surface area contributed by atoms with Gasteiger partial charge < -0.3 is 0 Å². The summed E-state index contributed by atoms with van der Waals surface area (Å²) in [6, 6.07) is 8.96. The van der Waals surface area contributed by atoms with Gasteiger partial charge in [0.2, 0.25) is 10.0 Å². The Balaban J connectivity index is 1.69. The van der Waals surface area contributed by atoms with Crippen molar-refractivity contribution in [1.29, 1.82) is 0 Å².